The highest BCUT2D eigenvalue weighted by Crippen LogP contribution is 2.29. The number of amides is 1. The number of carbonyl (C=O) groups excluding carboxylic acids is 1. The predicted octanol–water partition coefficient (Wildman–Crippen LogP) is 2.08. The zero-order valence-electron chi connectivity index (χ0n) is 12.7. The number of rotatable bonds is 3. The van der Waals surface area contributed by atoms with Gasteiger partial charge >= 0.3 is 0 Å². The van der Waals surface area contributed by atoms with Crippen LogP contribution in [0.25, 0.3) is 0 Å². The molecule has 5 nitrogen and oxygen atoms in total. The van der Waals surface area contributed by atoms with E-state index in [1.54, 1.807) is 6.07 Å². The van der Waals surface area contributed by atoms with Crippen LogP contribution in [0.1, 0.15) is 43.5 Å². The fourth-order valence-electron chi connectivity index (χ4n) is 2.95. The maximum atomic E-state index is 12.7. The molecular formula is C15H22N2O3S. The first-order valence-corrected chi connectivity index (χ1v) is 9.06. The van der Waals surface area contributed by atoms with Crippen LogP contribution in [0.4, 0.5) is 5.69 Å². The highest BCUT2D eigenvalue weighted by atomic mass is 32.2. The average molecular weight is 310 g/mol. The van der Waals surface area contributed by atoms with Crippen LogP contribution >= 0.6 is 0 Å². The largest absolute Gasteiger partial charge is 0.399 e. The van der Waals surface area contributed by atoms with Crippen molar-refractivity contribution in [2.75, 3.05) is 12.0 Å². The molecule has 0 aliphatic carbocycles. The van der Waals surface area contributed by atoms with E-state index in [0.717, 1.165) is 25.5 Å². The number of nitrogens with two attached hydrogens (primary N) is 1. The third-order valence-electron chi connectivity index (χ3n) is 4.10. The number of hydrogen-bond acceptors (Lipinski definition) is 4. The molecule has 6 heteroatoms. The Morgan fingerprint density at radius 3 is 2.57 bits per heavy atom. The second-order valence-electron chi connectivity index (χ2n) is 5.76. The van der Waals surface area contributed by atoms with Crippen molar-refractivity contribution < 1.29 is 13.2 Å². The van der Waals surface area contributed by atoms with Crippen molar-refractivity contribution in [3.63, 3.8) is 0 Å². The molecule has 1 heterocycles. The van der Waals surface area contributed by atoms with Gasteiger partial charge in [-0.1, -0.05) is 6.92 Å². The Bertz CT molecular complexity index is 655. The van der Waals surface area contributed by atoms with Gasteiger partial charge in [-0.3, -0.25) is 4.79 Å². The van der Waals surface area contributed by atoms with Gasteiger partial charge in [0.05, 0.1) is 4.90 Å². The normalized spacial score (nSPS) is 22.5. The molecule has 0 radical (unpaired) electrons. The summed E-state index contributed by atoms with van der Waals surface area (Å²) >= 11 is 0. The topological polar surface area (TPSA) is 80.5 Å². The van der Waals surface area contributed by atoms with Gasteiger partial charge in [0, 0.05) is 29.6 Å². The summed E-state index contributed by atoms with van der Waals surface area (Å²) in [6.07, 6.45) is 3.98. The molecule has 0 saturated carbocycles. The number of nitrogens with zero attached hydrogens (tertiary/aromatic N) is 1. The Labute approximate surface area is 126 Å². The van der Waals surface area contributed by atoms with Gasteiger partial charge in [-0.25, -0.2) is 8.42 Å². The van der Waals surface area contributed by atoms with Crippen molar-refractivity contribution in [1.82, 2.24) is 4.90 Å². The standard InChI is InChI=1S/C15H22N2O3S/c1-4-13-6-5-10(2)17(13)15(18)11-7-12(16)9-14(8-11)21(3,19)20/h7-10,13H,4-6,16H2,1-3H3. The van der Waals surface area contributed by atoms with Gasteiger partial charge in [0.1, 0.15) is 0 Å². The Balaban J connectivity index is 2.42. The fourth-order valence-corrected chi connectivity index (χ4v) is 3.64. The van der Waals surface area contributed by atoms with Gasteiger partial charge in [-0.2, -0.15) is 0 Å². The summed E-state index contributed by atoms with van der Waals surface area (Å²) in [4.78, 5) is 14.7. The molecule has 1 aromatic carbocycles. The summed E-state index contributed by atoms with van der Waals surface area (Å²) in [5.41, 5.74) is 6.40. The first kappa shape index (κ1) is 15.8. The monoisotopic (exact) mass is 310 g/mol. The molecule has 0 bridgehead atoms. The van der Waals surface area contributed by atoms with E-state index in [4.69, 9.17) is 5.73 Å². The average Bonchev–Trinajstić information content (AvgIpc) is 2.77. The maximum Gasteiger partial charge on any atom is 0.254 e. The van der Waals surface area contributed by atoms with E-state index in [-0.39, 0.29) is 22.9 Å². The van der Waals surface area contributed by atoms with Crippen LogP contribution in [0.3, 0.4) is 0 Å². The third kappa shape index (κ3) is 3.20. The number of sulfone groups is 1. The van der Waals surface area contributed by atoms with E-state index >= 15 is 0 Å². The third-order valence-corrected chi connectivity index (χ3v) is 5.19. The number of benzene rings is 1. The smallest absolute Gasteiger partial charge is 0.254 e. The van der Waals surface area contributed by atoms with Crippen molar-refractivity contribution in [3.8, 4) is 0 Å². The molecule has 0 aromatic heterocycles. The molecule has 1 aliphatic heterocycles. The molecule has 2 unspecified atom stereocenters. The number of anilines is 1. The van der Waals surface area contributed by atoms with Crippen LogP contribution in [0.5, 0.6) is 0 Å². The number of likely N-dealkylation sites (tertiary alicyclic amines) is 1. The second-order valence-corrected chi connectivity index (χ2v) is 7.78. The molecule has 1 aromatic rings. The van der Waals surface area contributed by atoms with Crippen molar-refractivity contribution >= 4 is 21.4 Å². The van der Waals surface area contributed by atoms with E-state index in [1.165, 1.54) is 12.1 Å². The van der Waals surface area contributed by atoms with Crippen LogP contribution in [0.2, 0.25) is 0 Å². The summed E-state index contributed by atoms with van der Waals surface area (Å²) in [6, 6.07) is 4.75. The van der Waals surface area contributed by atoms with Crippen molar-refractivity contribution in [3.05, 3.63) is 23.8 Å². The van der Waals surface area contributed by atoms with Crippen molar-refractivity contribution in [2.24, 2.45) is 0 Å². The predicted molar refractivity (Wildman–Crippen MR) is 82.9 cm³/mol. The van der Waals surface area contributed by atoms with E-state index in [1.807, 2.05) is 11.8 Å². The van der Waals surface area contributed by atoms with Crippen molar-refractivity contribution in [1.29, 1.82) is 0 Å². The van der Waals surface area contributed by atoms with Crippen LogP contribution < -0.4 is 5.73 Å². The van der Waals surface area contributed by atoms with Gasteiger partial charge in [0.15, 0.2) is 9.84 Å². The Hall–Kier alpha value is -1.56. The molecule has 1 fully saturated rings. The van der Waals surface area contributed by atoms with Gasteiger partial charge in [-0.05, 0) is 44.4 Å². The highest BCUT2D eigenvalue weighted by Gasteiger charge is 2.33. The van der Waals surface area contributed by atoms with Gasteiger partial charge in [0.2, 0.25) is 0 Å². The molecule has 0 spiro atoms. The molecule has 2 N–H and O–H groups in total. The van der Waals surface area contributed by atoms with E-state index in [9.17, 15) is 13.2 Å². The SMILES string of the molecule is CCC1CCC(C)N1C(=O)c1cc(N)cc(S(C)(=O)=O)c1. The maximum absolute atomic E-state index is 12.7. The Kier molecular flexibility index (Phi) is 4.27. The molecule has 2 rings (SSSR count). The number of nitrogen functional groups attached to an aromatic ring is 1. The lowest BCUT2D eigenvalue weighted by molar-refractivity contribution is 0.0676. The van der Waals surface area contributed by atoms with E-state index < -0.39 is 9.84 Å². The zero-order chi connectivity index (χ0) is 15.8. The zero-order valence-corrected chi connectivity index (χ0v) is 13.5. The van der Waals surface area contributed by atoms with Gasteiger partial charge in [0.25, 0.3) is 5.91 Å². The first-order chi connectivity index (χ1) is 9.74. The lowest BCUT2D eigenvalue weighted by Gasteiger charge is -2.28. The van der Waals surface area contributed by atoms with Crippen LogP contribution in [-0.2, 0) is 9.84 Å². The highest BCUT2D eigenvalue weighted by molar-refractivity contribution is 7.90. The summed E-state index contributed by atoms with van der Waals surface area (Å²) in [6.45, 7) is 4.08. The Morgan fingerprint density at radius 2 is 2.00 bits per heavy atom. The molecule has 1 amide bonds. The lowest BCUT2D eigenvalue weighted by atomic mass is 10.1. The molecular weight excluding hydrogens is 288 g/mol. The minimum atomic E-state index is -3.39. The molecule has 21 heavy (non-hydrogen) atoms. The van der Waals surface area contributed by atoms with Crippen LogP contribution in [-0.4, -0.2) is 37.6 Å². The minimum absolute atomic E-state index is 0.0887. The van der Waals surface area contributed by atoms with E-state index in [2.05, 4.69) is 6.92 Å². The molecule has 1 saturated heterocycles. The molecule has 2 atom stereocenters. The summed E-state index contributed by atoms with van der Waals surface area (Å²) in [7, 11) is -3.39. The number of carbonyl (C=O) groups is 1. The van der Waals surface area contributed by atoms with Gasteiger partial charge < -0.3 is 10.6 Å². The second kappa shape index (κ2) is 5.67. The van der Waals surface area contributed by atoms with Crippen LogP contribution in [0, 0.1) is 0 Å². The Morgan fingerprint density at radius 1 is 1.33 bits per heavy atom. The first-order valence-electron chi connectivity index (χ1n) is 7.17. The fraction of sp³-hybridized carbons (Fsp3) is 0.533. The van der Waals surface area contributed by atoms with Gasteiger partial charge in [-0.15, -0.1) is 0 Å². The van der Waals surface area contributed by atoms with E-state index in [0.29, 0.717) is 11.3 Å². The number of hydrogen-bond donors (Lipinski definition) is 1. The van der Waals surface area contributed by atoms with Crippen molar-refractivity contribution in [2.45, 2.75) is 50.1 Å². The molecule has 116 valence electrons. The molecule has 1 aliphatic rings. The summed E-state index contributed by atoms with van der Waals surface area (Å²) in [5.74, 6) is -0.135. The summed E-state index contributed by atoms with van der Waals surface area (Å²) < 4.78 is 23.4. The lowest BCUT2D eigenvalue weighted by Crippen LogP contribution is -2.39. The quantitative estimate of drug-likeness (QED) is 0.867. The minimum Gasteiger partial charge on any atom is -0.399 e. The summed E-state index contributed by atoms with van der Waals surface area (Å²) in [5, 5.41) is 0. The van der Waals surface area contributed by atoms with Crippen LogP contribution in [0.15, 0.2) is 23.1 Å².